The van der Waals surface area contributed by atoms with Crippen LogP contribution >= 0.6 is 15.9 Å². The van der Waals surface area contributed by atoms with Crippen LogP contribution in [0.2, 0.25) is 0 Å². The molecule has 2 N–H and O–H groups in total. The first-order valence-corrected chi connectivity index (χ1v) is 10.5. The molecule has 0 bridgehead atoms. The molecule has 0 radical (unpaired) electrons. The Bertz CT molecular complexity index is 1000. The second kappa shape index (κ2) is 10.6. The van der Waals surface area contributed by atoms with Crippen molar-refractivity contribution in [1.29, 1.82) is 0 Å². The lowest BCUT2D eigenvalue weighted by atomic mass is 10.1. The summed E-state index contributed by atoms with van der Waals surface area (Å²) < 4.78 is 6.70. The molecule has 5 nitrogen and oxygen atoms in total. The quantitative estimate of drug-likeness (QED) is 0.505. The lowest BCUT2D eigenvalue weighted by molar-refractivity contribution is 0.0943. The van der Waals surface area contributed by atoms with E-state index in [1.807, 2.05) is 55.5 Å². The molecule has 154 valence electrons. The number of carbonyl (C=O) groups excluding carboxylic acids is 2. The van der Waals surface area contributed by atoms with Crippen molar-refractivity contribution in [1.82, 2.24) is 10.6 Å². The van der Waals surface area contributed by atoms with Gasteiger partial charge in [-0.2, -0.15) is 0 Å². The summed E-state index contributed by atoms with van der Waals surface area (Å²) in [5.74, 6) is 0.523. The van der Waals surface area contributed by atoms with Gasteiger partial charge < -0.3 is 15.4 Å². The van der Waals surface area contributed by atoms with Crippen LogP contribution in [-0.2, 0) is 13.2 Å². The van der Waals surface area contributed by atoms with E-state index in [-0.39, 0.29) is 11.8 Å². The predicted octanol–water partition coefficient (Wildman–Crippen LogP) is 4.71. The summed E-state index contributed by atoms with van der Waals surface area (Å²) >= 11 is 3.46. The molecule has 3 aromatic carbocycles. The highest BCUT2D eigenvalue weighted by molar-refractivity contribution is 9.10. The van der Waals surface area contributed by atoms with Crippen LogP contribution in [0.1, 0.15) is 38.8 Å². The molecule has 3 rings (SSSR count). The van der Waals surface area contributed by atoms with Crippen molar-refractivity contribution in [2.24, 2.45) is 0 Å². The number of rotatable bonds is 8. The predicted molar refractivity (Wildman–Crippen MR) is 121 cm³/mol. The Labute approximate surface area is 184 Å². The minimum absolute atomic E-state index is 0.100. The van der Waals surface area contributed by atoms with Gasteiger partial charge in [0.05, 0.1) is 4.47 Å². The molecule has 0 aromatic heterocycles. The number of hydrogen-bond acceptors (Lipinski definition) is 3. The highest BCUT2D eigenvalue weighted by Gasteiger charge is 2.07. The third kappa shape index (κ3) is 5.94. The van der Waals surface area contributed by atoms with Crippen molar-refractivity contribution in [2.75, 3.05) is 6.54 Å². The van der Waals surface area contributed by atoms with Crippen LogP contribution in [0.3, 0.4) is 0 Å². The minimum atomic E-state index is -0.152. The maximum Gasteiger partial charge on any atom is 0.251 e. The summed E-state index contributed by atoms with van der Waals surface area (Å²) in [6.45, 7) is 3.28. The van der Waals surface area contributed by atoms with Gasteiger partial charge in [-0.3, -0.25) is 9.59 Å². The minimum Gasteiger partial charge on any atom is -0.488 e. The monoisotopic (exact) mass is 466 g/mol. The zero-order chi connectivity index (χ0) is 21.3. The van der Waals surface area contributed by atoms with Gasteiger partial charge in [0.2, 0.25) is 0 Å². The van der Waals surface area contributed by atoms with E-state index in [2.05, 4.69) is 26.6 Å². The van der Waals surface area contributed by atoms with Gasteiger partial charge in [0.1, 0.15) is 12.4 Å². The second-order valence-electron chi connectivity index (χ2n) is 6.66. The molecule has 0 fully saturated rings. The van der Waals surface area contributed by atoms with Gasteiger partial charge in [0.15, 0.2) is 0 Å². The van der Waals surface area contributed by atoms with Gasteiger partial charge in [0, 0.05) is 24.2 Å². The normalized spacial score (nSPS) is 10.3. The highest BCUT2D eigenvalue weighted by Crippen LogP contribution is 2.24. The third-order valence-electron chi connectivity index (χ3n) is 4.45. The molecule has 0 aliphatic heterocycles. The van der Waals surface area contributed by atoms with Gasteiger partial charge in [-0.25, -0.2) is 0 Å². The fraction of sp³-hybridized carbons (Fsp3) is 0.167. The van der Waals surface area contributed by atoms with Crippen molar-refractivity contribution in [3.8, 4) is 5.75 Å². The summed E-state index contributed by atoms with van der Waals surface area (Å²) in [6, 6.07) is 22.2. The van der Waals surface area contributed by atoms with Crippen molar-refractivity contribution in [3.63, 3.8) is 0 Å². The number of para-hydroxylation sites is 1. The van der Waals surface area contributed by atoms with E-state index in [1.54, 1.807) is 24.3 Å². The van der Waals surface area contributed by atoms with Crippen LogP contribution in [0.15, 0.2) is 77.3 Å². The molecule has 0 aliphatic carbocycles. The Morgan fingerprint density at radius 1 is 0.800 bits per heavy atom. The van der Waals surface area contributed by atoms with Gasteiger partial charge in [0.25, 0.3) is 11.8 Å². The van der Waals surface area contributed by atoms with E-state index in [4.69, 9.17) is 4.74 Å². The molecular weight excluding hydrogens is 444 g/mol. The summed E-state index contributed by atoms with van der Waals surface area (Å²) in [7, 11) is 0. The number of amides is 2. The summed E-state index contributed by atoms with van der Waals surface area (Å²) in [5.41, 5.74) is 3.09. The van der Waals surface area contributed by atoms with Crippen molar-refractivity contribution in [3.05, 3.63) is 99.5 Å². The van der Waals surface area contributed by atoms with Gasteiger partial charge in [-0.1, -0.05) is 36.4 Å². The lowest BCUT2D eigenvalue weighted by Gasteiger charge is -2.09. The van der Waals surface area contributed by atoms with E-state index < -0.39 is 0 Å². The first kappa shape index (κ1) is 21.6. The van der Waals surface area contributed by atoms with Crippen LogP contribution < -0.4 is 15.4 Å². The molecule has 6 heteroatoms. The average Bonchev–Trinajstić information content (AvgIpc) is 2.78. The van der Waals surface area contributed by atoms with Crippen molar-refractivity contribution >= 4 is 27.7 Å². The molecule has 30 heavy (non-hydrogen) atoms. The Balaban J connectivity index is 1.51. The number of benzene rings is 3. The smallest absolute Gasteiger partial charge is 0.251 e. The Morgan fingerprint density at radius 3 is 1.97 bits per heavy atom. The summed E-state index contributed by atoms with van der Waals surface area (Å²) in [5, 5.41) is 5.66. The van der Waals surface area contributed by atoms with Crippen LogP contribution in [0.5, 0.6) is 5.75 Å². The van der Waals surface area contributed by atoms with Crippen LogP contribution in [0.4, 0.5) is 0 Å². The molecule has 0 unspecified atom stereocenters. The topological polar surface area (TPSA) is 67.4 Å². The number of nitrogens with one attached hydrogen (secondary N) is 2. The number of halogens is 1. The van der Waals surface area contributed by atoms with Gasteiger partial charge >= 0.3 is 0 Å². The Morgan fingerprint density at radius 2 is 1.37 bits per heavy atom. The fourth-order valence-electron chi connectivity index (χ4n) is 2.80. The van der Waals surface area contributed by atoms with E-state index in [0.717, 1.165) is 21.3 Å². The molecule has 2 amide bonds. The molecule has 0 heterocycles. The Hall–Kier alpha value is -3.12. The van der Waals surface area contributed by atoms with E-state index in [1.165, 1.54) is 0 Å². The van der Waals surface area contributed by atoms with E-state index in [0.29, 0.717) is 30.8 Å². The third-order valence-corrected chi connectivity index (χ3v) is 5.11. The van der Waals surface area contributed by atoms with Gasteiger partial charge in [-0.05, 0) is 70.4 Å². The first-order valence-electron chi connectivity index (χ1n) is 9.68. The van der Waals surface area contributed by atoms with E-state index >= 15 is 0 Å². The fourth-order valence-corrected chi connectivity index (χ4v) is 3.20. The molecular formula is C24H23BrN2O3. The molecule has 0 spiro atoms. The summed E-state index contributed by atoms with van der Waals surface area (Å²) in [6.07, 6.45) is 0. The maximum atomic E-state index is 12.4. The molecule has 0 aliphatic rings. The molecule has 0 atom stereocenters. The lowest BCUT2D eigenvalue weighted by Crippen LogP contribution is -2.23. The number of hydrogen-bond donors (Lipinski definition) is 2. The Kier molecular flexibility index (Phi) is 7.63. The second-order valence-corrected chi connectivity index (χ2v) is 7.51. The number of ether oxygens (including phenoxy) is 1. The maximum absolute atomic E-state index is 12.4. The van der Waals surface area contributed by atoms with Crippen molar-refractivity contribution in [2.45, 2.75) is 20.1 Å². The van der Waals surface area contributed by atoms with Crippen LogP contribution in [0, 0.1) is 0 Å². The van der Waals surface area contributed by atoms with E-state index in [9.17, 15) is 9.59 Å². The van der Waals surface area contributed by atoms with Crippen molar-refractivity contribution < 1.29 is 14.3 Å². The van der Waals surface area contributed by atoms with Gasteiger partial charge in [-0.15, -0.1) is 0 Å². The average molecular weight is 467 g/mol. The standard InChI is InChI=1S/C24H23BrN2O3/c1-2-26-23(28)19-11-7-17(8-12-19)15-27-24(29)20-13-9-18(10-14-20)16-30-22-6-4-3-5-21(22)25/h3-14H,2,15-16H2,1H3,(H,26,28)(H,27,29). The highest BCUT2D eigenvalue weighted by atomic mass is 79.9. The number of carbonyl (C=O) groups is 2. The first-order chi connectivity index (χ1) is 14.6. The zero-order valence-electron chi connectivity index (χ0n) is 16.7. The molecule has 3 aromatic rings. The van der Waals surface area contributed by atoms with Crippen LogP contribution in [-0.4, -0.2) is 18.4 Å². The molecule has 0 saturated heterocycles. The SMILES string of the molecule is CCNC(=O)c1ccc(CNC(=O)c2ccc(COc3ccccc3Br)cc2)cc1. The molecule has 0 saturated carbocycles. The van der Waals surface area contributed by atoms with Crippen LogP contribution in [0.25, 0.3) is 0 Å². The zero-order valence-corrected chi connectivity index (χ0v) is 18.2. The summed E-state index contributed by atoms with van der Waals surface area (Å²) in [4.78, 5) is 24.2. The largest absolute Gasteiger partial charge is 0.488 e.